The lowest BCUT2D eigenvalue weighted by Crippen LogP contribution is -2.41. The van der Waals surface area contributed by atoms with E-state index in [2.05, 4.69) is 0 Å². The van der Waals surface area contributed by atoms with Crippen LogP contribution in [0.5, 0.6) is 5.75 Å². The molecule has 0 N–H and O–H groups in total. The fourth-order valence-electron chi connectivity index (χ4n) is 2.74. The molecule has 2 aromatic carbocycles. The van der Waals surface area contributed by atoms with Gasteiger partial charge < -0.3 is 9.64 Å². The van der Waals surface area contributed by atoms with Gasteiger partial charge >= 0.3 is 0 Å². The monoisotopic (exact) mass is 383 g/mol. The van der Waals surface area contributed by atoms with Crippen LogP contribution in [-0.2, 0) is 0 Å². The van der Waals surface area contributed by atoms with Crippen molar-refractivity contribution in [3.05, 3.63) is 63.1 Å². The van der Waals surface area contributed by atoms with Gasteiger partial charge in [0.05, 0.1) is 0 Å². The number of piperidine rings is 1. The van der Waals surface area contributed by atoms with Crippen LogP contribution in [0.4, 0.5) is 0 Å². The number of nitrogens with zero attached hydrogens (tertiary/aromatic N) is 1. The lowest BCUT2D eigenvalue weighted by Gasteiger charge is -2.32. The fourth-order valence-corrected chi connectivity index (χ4v) is 3.39. The summed E-state index contributed by atoms with van der Waals surface area (Å²) in [6.07, 6.45) is 1.66. The smallest absolute Gasteiger partial charge is 0.253 e. The molecule has 1 heterocycles. The van der Waals surface area contributed by atoms with E-state index in [0.717, 1.165) is 18.6 Å². The van der Waals surface area contributed by atoms with Crippen LogP contribution in [0.3, 0.4) is 0 Å². The topological polar surface area (TPSA) is 29.5 Å². The van der Waals surface area contributed by atoms with Crippen molar-refractivity contribution in [3.63, 3.8) is 0 Å². The van der Waals surface area contributed by atoms with Gasteiger partial charge in [-0.25, -0.2) is 0 Å². The predicted octanol–water partition coefficient (Wildman–Crippen LogP) is 5.33. The highest BCUT2D eigenvalue weighted by Gasteiger charge is 2.25. The number of carbonyl (C=O) groups excluding carboxylic acids is 1. The first kappa shape index (κ1) is 17.4. The normalized spacial score (nSPS) is 15.4. The van der Waals surface area contributed by atoms with Gasteiger partial charge in [-0.2, -0.15) is 0 Å². The Morgan fingerprint density at radius 1 is 0.917 bits per heavy atom. The van der Waals surface area contributed by atoms with Crippen molar-refractivity contribution in [1.29, 1.82) is 0 Å². The van der Waals surface area contributed by atoms with Crippen LogP contribution < -0.4 is 4.74 Å². The summed E-state index contributed by atoms with van der Waals surface area (Å²) in [5.74, 6) is 0.746. The van der Waals surface area contributed by atoms with Crippen LogP contribution in [0.15, 0.2) is 42.5 Å². The molecule has 1 amide bonds. The Labute approximate surface area is 156 Å². The minimum absolute atomic E-state index is 0.0515. The molecule has 0 atom stereocenters. The lowest BCUT2D eigenvalue weighted by atomic mass is 10.1. The number of halogens is 3. The largest absolute Gasteiger partial charge is 0.490 e. The zero-order chi connectivity index (χ0) is 17.1. The molecular weight excluding hydrogens is 369 g/mol. The summed E-state index contributed by atoms with van der Waals surface area (Å²) in [5.41, 5.74) is 0.518. The van der Waals surface area contributed by atoms with E-state index in [9.17, 15) is 4.79 Å². The first-order chi connectivity index (χ1) is 11.5. The molecule has 0 radical (unpaired) electrons. The molecule has 3 rings (SSSR count). The third-order valence-corrected chi connectivity index (χ3v) is 4.64. The number of benzene rings is 2. The molecule has 0 unspecified atom stereocenters. The van der Waals surface area contributed by atoms with Gasteiger partial charge in [0.15, 0.2) is 0 Å². The molecule has 2 aromatic rings. The lowest BCUT2D eigenvalue weighted by molar-refractivity contribution is 0.0595. The molecule has 6 heteroatoms. The maximum absolute atomic E-state index is 12.6. The van der Waals surface area contributed by atoms with Gasteiger partial charge in [0.1, 0.15) is 11.9 Å². The van der Waals surface area contributed by atoms with Gasteiger partial charge in [0, 0.05) is 46.6 Å². The minimum Gasteiger partial charge on any atom is -0.490 e. The molecule has 1 aliphatic rings. The number of rotatable bonds is 3. The minimum atomic E-state index is -0.0515. The van der Waals surface area contributed by atoms with E-state index in [4.69, 9.17) is 39.5 Å². The van der Waals surface area contributed by atoms with Crippen molar-refractivity contribution in [3.8, 4) is 5.75 Å². The van der Waals surface area contributed by atoms with E-state index in [1.165, 1.54) is 0 Å². The van der Waals surface area contributed by atoms with Gasteiger partial charge in [-0.05, 0) is 42.5 Å². The summed E-state index contributed by atoms with van der Waals surface area (Å²) < 4.78 is 5.94. The Morgan fingerprint density at radius 2 is 1.50 bits per heavy atom. The van der Waals surface area contributed by atoms with Crippen molar-refractivity contribution < 1.29 is 9.53 Å². The van der Waals surface area contributed by atoms with E-state index >= 15 is 0 Å². The highest BCUT2D eigenvalue weighted by atomic mass is 35.5. The van der Waals surface area contributed by atoms with E-state index in [1.54, 1.807) is 30.3 Å². The van der Waals surface area contributed by atoms with E-state index in [1.807, 2.05) is 17.0 Å². The Bertz CT molecular complexity index is 705. The zero-order valence-corrected chi connectivity index (χ0v) is 15.1. The molecule has 0 saturated carbocycles. The number of hydrogen-bond acceptors (Lipinski definition) is 2. The Balaban J connectivity index is 1.58. The average Bonchev–Trinajstić information content (AvgIpc) is 2.56. The molecule has 0 aromatic heterocycles. The van der Waals surface area contributed by atoms with Gasteiger partial charge in [0.25, 0.3) is 5.91 Å². The number of likely N-dealkylation sites (tertiary alicyclic amines) is 1. The average molecular weight is 385 g/mol. The third kappa shape index (κ3) is 4.35. The van der Waals surface area contributed by atoms with Crippen molar-refractivity contribution in [2.45, 2.75) is 18.9 Å². The van der Waals surface area contributed by atoms with Crippen molar-refractivity contribution >= 4 is 40.7 Å². The highest BCUT2D eigenvalue weighted by molar-refractivity contribution is 6.35. The van der Waals surface area contributed by atoms with Gasteiger partial charge in [-0.15, -0.1) is 0 Å². The molecule has 1 fully saturated rings. The summed E-state index contributed by atoms with van der Waals surface area (Å²) >= 11 is 17.8. The summed E-state index contributed by atoms with van der Waals surface area (Å²) in [7, 11) is 0. The second-order valence-electron chi connectivity index (χ2n) is 5.72. The van der Waals surface area contributed by atoms with E-state index in [-0.39, 0.29) is 12.0 Å². The van der Waals surface area contributed by atoms with Crippen LogP contribution in [0.25, 0.3) is 0 Å². The van der Waals surface area contributed by atoms with Crippen LogP contribution in [0, 0.1) is 0 Å². The predicted molar refractivity (Wildman–Crippen MR) is 97.5 cm³/mol. The summed E-state index contributed by atoms with van der Waals surface area (Å²) in [6, 6.07) is 12.2. The standard InChI is InChI=1S/C18H16Cl3NO2/c19-13-1-3-16(4-2-13)24-17-5-7-22(8-6-17)18(23)12-9-14(20)11-15(21)10-12/h1-4,9-11,17H,5-8H2. The zero-order valence-electron chi connectivity index (χ0n) is 12.8. The van der Waals surface area contributed by atoms with Crippen molar-refractivity contribution in [2.24, 2.45) is 0 Å². The first-order valence-corrected chi connectivity index (χ1v) is 8.82. The first-order valence-electron chi connectivity index (χ1n) is 7.69. The van der Waals surface area contributed by atoms with Crippen LogP contribution >= 0.6 is 34.8 Å². The Kier molecular flexibility index (Phi) is 5.54. The van der Waals surface area contributed by atoms with Gasteiger partial charge in [0.2, 0.25) is 0 Å². The maximum atomic E-state index is 12.6. The Morgan fingerprint density at radius 3 is 2.08 bits per heavy atom. The van der Waals surface area contributed by atoms with Crippen molar-refractivity contribution in [2.75, 3.05) is 13.1 Å². The second kappa shape index (κ2) is 7.64. The van der Waals surface area contributed by atoms with Gasteiger partial charge in [-0.1, -0.05) is 34.8 Å². The summed E-state index contributed by atoms with van der Waals surface area (Å²) in [4.78, 5) is 14.4. The van der Waals surface area contributed by atoms with E-state index < -0.39 is 0 Å². The second-order valence-corrected chi connectivity index (χ2v) is 7.03. The van der Waals surface area contributed by atoms with Crippen LogP contribution in [0.1, 0.15) is 23.2 Å². The number of hydrogen-bond donors (Lipinski definition) is 0. The third-order valence-electron chi connectivity index (χ3n) is 3.96. The molecule has 126 valence electrons. The molecule has 1 aliphatic heterocycles. The summed E-state index contributed by atoms with van der Waals surface area (Å²) in [6.45, 7) is 1.28. The maximum Gasteiger partial charge on any atom is 0.253 e. The highest BCUT2D eigenvalue weighted by Crippen LogP contribution is 2.24. The molecule has 0 bridgehead atoms. The molecule has 0 spiro atoms. The SMILES string of the molecule is O=C(c1cc(Cl)cc(Cl)c1)N1CCC(Oc2ccc(Cl)cc2)CC1. The molecule has 24 heavy (non-hydrogen) atoms. The molecule has 0 aliphatic carbocycles. The van der Waals surface area contributed by atoms with Crippen LogP contribution in [0.2, 0.25) is 15.1 Å². The molecule has 3 nitrogen and oxygen atoms in total. The van der Waals surface area contributed by atoms with Crippen molar-refractivity contribution in [1.82, 2.24) is 4.90 Å². The quantitative estimate of drug-likeness (QED) is 0.716. The summed E-state index contributed by atoms with van der Waals surface area (Å²) in [5, 5.41) is 1.61. The molecule has 1 saturated heterocycles. The molecular formula is C18H16Cl3NO2. The van der Waals surface area contributed by atoms with E-state index in [0.29, 0.717) is 33.7 Å². The van der Waals surface area contributed by atoms with Gasteiger partial charge in [-0.3, -0.25) is 4.79 Å². The number of ether oxygens (including phenoxy) is 1. The Hall–Kier alpha value is -1.42. The fraction of sp³-hybridized carbons (Fsp3) is 0.278. The number of amides is 1. The van der Waals surface area contributed by atoms with Crippen LogP contribution in [-0.4, -0.2) is 30.0 Å². The number of carbonyl (C=O) groups is 1.